The molecule has 1 aromatic heterocycles. The van der Waals surface area contributed by atoms with Gasteiger partial charge in [0.25, 0.3) is 0 Å². The zero-order valence-corrected chi connectivity index (χ0v) is 23.3. The van der Waals surface area contributed by atoms with Crippen molar-refractivity contribution in [3.05, 3.63) is 99.5 Å². The summed E-state index contributed by atoms with van der Waals surface area (Å²) < 4.78 is 26.1. The molecule has 0 spiro atoms. The molecule has 198 valence electrons. The van der Waals surface area contributed by atoms with E-state index < -0.39 is 10.0 Å². The number of benzene rings is 3. The van der Waals surface area contributed by atoms with Crippen molar-refractivity contribution in [3.63, 3.8) is 0 Å². The Morgan fingerprint density at radius 2 is 1.47 bits per heavy atom. The first-order chi connectivity index (χ1) is 18.2. The first-order valence-electron chi connectivity index (χ1n) is 12.6. The van der Waals surface area contributed by atoms with Crippen LogP contribution in [0.4, 0.5) is 5.69 Å². The lowest BCUT2D eigenvalue weighted by molar-refractivity contribution is 0.330. The van der Waals surface area contributed by atoms with Crippen molar-refractivity contribution in [3.8, 4) is 5.88 Å². The summed E-state index contributed by atoms with van der Waals surface area (Å²) in [4.78, 5) is 4.35. The van der Waals surface area contributed by atoms with E-state index in [9.17, 15) is 13.5 Å². The second kappa shape index (κ2) is 11.1. The van der Waals surface area contributed by atoms with Crippen LogP contribution in [-0.2, 0) is 10.0 Å². The molecule has 5 rings (SSSR count). The number of halogens is 2. The number of nitrogens with one attached hydrogen (secondary N) is 1. The Kier molecular flexibility index (Phi) is 7.82. The highest BCUT2D eigenvalue weighted by Gasteiger charge is 2.27. The summed E-state index contributed by atoms with van der Waals surface area (Å²) in [6.07, 6.45) is 1.36. The maximum Gasteiger partial charge on any atom is 0.213 e. The highest BCUT2D eigenvalue weighted by molar-refractivity contribution is 7.89. The van der Waals surface area contributed by atoms with E-state index in [4.69, 9.17) is 23.2 Å². The van der Waals surface area contributed by atoms with Crippen LogP contribution in [0.1, 0.15) is 42.4 Å². The lowest BCUT2D eigenvalue weighted by Crippen LogP contribution is -2.42. The molecule has 1 aliphatic heterocycles. The number of nitrogens with zero attached hydrogens (tertiary/aromatic N) is 2. The van der Waals surface area contributed by atoms with E-state index in [0.29, 0.717) is 41.5 Å². The van der Waals surface area contributed by atoms with E-state index >= 15 is 0 Å². The summed E-state index contributed by atoms with van der Waals surface area (Å²) in [5.74, 6) is -0.0251. The molecule has 1 aliphatic rings. The number of aromatic hydroxyl groups is 1. The first kappa shape index (κ1) is 26.8. The fourth-order valence-electron chi connectivity index (χ4n) is 5.10. The third kappa shape index (κ3) is 5.76. The predicted octanol–water partition coefficient (Wildman–Crippen LogP) is 6.65. The second-order valence-corrected chi connectivity index (χ2v) is 12.7. The lowest BCUT2D eigenvalue weighted by Gasteiger charge is -2.32. The molecule has 9 heteroatoms. The largest absolute Gasteiger partial charge is 0.493 e. The molecule has 2 heterocycles. The Balaban J connectivity index is 1.51. The maximum absolute atomic E-state index is 12.3. The van der Waals surface area contributed by atoms with E-state index in [1.54, 1.807) is 17.3 Å². The first-order valence-corrected chi connectivity index (χ1v) is 15.0. The number of pyridine rings is 1. The van der Waals surface area contributed by atoms with Crippen LogP contribution in [0.15, 0.2) is 72.8 Å². The molecule has 0 amide bonds. The van der Waals surface area contributed by atoms with Crippen LogP contribution in [0.2, 0.25) is 10.0 Å². The van der Waals surface area contributed by atoms with E-state index in [2.05, 4.69) is 16.4 Å². The van der Waals surface area contributed by atoms with Gasteiger partial charge in [0, 0.05) is 52.2 Å². The van der Waals surface area contributed by atoms with Gasteiger partial charge in [0.2, 0.25) is 15.9 Å². The number of sulfonamides is 1. The summed E-state index contributed by atoms with van der Waals surface area (Å²) >= 11 is 12.4. The molecule has 6 nitrogen and oxygen atoms in total. The summed E-state index contributed by atoms with van der Waals surface area (Å²) in [6.45, 7) is 2.62. The van der Waals surface area contributed by atoms with Crippen molar-refractivity contribution >= 4 is 49.8 Å². The third-order valence-corrected chi connectivity index (χ3v) is 9.52. The van der Waals surface area contributed by atoms with Crippen LogP contribution in [0, 0.1) is 0 Å². The zero-order chi connectivity index (χ0) is 26.9. The average molecular weight is 571 g/mol. The van der Waals surface area contributed by atoms with Gasteiger partial charge in [-0.15, -0.1) is 0 Å². The Morgan fingerprint density at radius 1 is 0.921 bits per heavy atom. The summed E-state index contributed by atoms with van der Waals surface area (Å²) in [6, 6.07) is 23.4. The van der Waals surface area contributed by atoms with Gasteiger partial charge in [-0.05, 0) is 72.9 Å². The molecule has 0 bridgehead atoms. The van der Waals surface area contributed by atoms with Crippen molar-refractivity contribution < 1.29 is 13.5 Å². The van der Waals surface area contributed by atoms with Crippen molar-refractivity contribution in [2.75, 3.05) is 24.2 Å². The van der Waals surface area contributed by atoms with Gasteiger partial charge in [0.05, 0.1) is 11.3 Å². The van der Waals surface area contributed by atoms with Crippen molar-refractivity contribution in [2.24, 2.45) is 0 Å². The molecule has 0 unspecified atom stereocenters. The van der Waals surface area contributed by atoms with Gasteiger partial charge in [-0.3, -0.25) is 0 Å². The summed E-state index contributed by atoms with van der Waals surface area (Å²) in [5.41, 5.74) is 4.68. The van der Waals surface area contributed by atoms with Crippen molar-refractivity contribution in [1.29, 1.82) is 0 Å². The van der Waals surface area contributed by atoms with Crippen LogP contribution >= 0.6 is 23.2 Å². The topological polar surface area (TPSA) is 82.5 Å². The standard InChI is InChI=1S/C29H29Cl2N3O3S/c1-2-38(36,37)34-15-13-24(14-16-34)32-27-18-28(35)33-26-12-7-21(17-25(26)27)29(19-3-8-22(30)9-4-19)20-5-10-23(31)11-6-20/h3-12,17-18,24,29H,2,13-16H2,1H3,(H2,32,33,35). The van der Waals surface area contributed by atoms with Gasteiger partial charge in [0.1, 0.15) is 0 Å². The fraction of sp³-hybridized carbons (Fsp3) is 0.276. The average Bonchev–Trinajstić information content (AvgIpc) is 2.91. The van der Waals surface area contributed by atoms with Crippen LogP contribution in [-0.4, -0.2) is 47.7 Å². The minimum Gasteiger partial charge on any atom is -0.493 e. The molecule has 38 heavy (non-hydrogen) atoms. The van der Waals surface area contributed by atoms with Crippen LogP contribution < -0.4 is 5.32 Å². The Hall–Kier alpha value is -2.84. The highest BCUT2D eigenvalue weighted by Crippen LogP contribution is 2.37. The monoisotopic (exact) mass is 569 g/mol. The van der Waals surface area contributed by atoms with Gasteiger partial charge < -0.3 is 10.4 Å². The van der Waals surface area contributed by atoms with Crippen LogP contribution in [0.5, 0.6) is 5.88 Å². The maximum atomic E-state index is 12.3. The molecular weight excluding hydrogens is 541 g/mol. The second-order valence-electron chi connectivity index (χ2n) is 9.56. The molecule has 1 saturated heterocycles. The van der Waals surface area contributed by atoms with E-state index in [0.717, 1.165) is 27.8 Å². The Morgan fingerprint density at radius 3 is 2.03 bits per heavy atom. The molecule has 0 aliphatic carbocycles. The molecule has 4 aromatic rings. The zero-order valence-electron chi connectivity index (χ0n) is 20.9. The Labute approximate surface area is 233 Å². The predicted molar refractivity (Wildman–Crippen MR) is 155 cm³/mol. The minimum atomic E-state index is -3.19. The molecule has 0 saturated carbocycles. The van der Waals surface area contributed by atoms with Crippen LogP contribution in [0.3, 0.4) is 0 Å². The van der Waals surface area contributed by atoms with Crippen LogP contribution in [0.25, 0.3) is 10.9 Å². The number of aromatic nitrogens is 1. The molecule has 3 aromatic carbocycles. The number of anilines is 1. The molecule has 2 N–H and O–H groups in total. The third-order valence-electron chi connectivity index (χ3n) is 7.13. The Bertz CT molecular complexity index is 1490. The van der Waals surface area contributed by atoms with Gasteiger partial charge in [-0.25, -0.2) is 17.7 Å². The van der Waals surface area contributed by atoms with E-state index in [1.807, 2.05) is 60.7 Å². The molecule has 1 fully saturated rings. The minimum absolute atomic E-state index is 0.0642. The molecule has 0 atom stereocenters. The SMILES string of the molecule is CCS(=O)(=O)N1CCC(Nc2cc(O)nc3ccc(C(c4ccc(Cl)cc4)c4ccc(Cl)cc4)cc23)CC1. The number of piperidine rings is 1. The number of rotatable bonds is 7. The number of fused-ring (bicyclic) bond motifs is 1. The lowest BCUT2D eigenvalue weighted by atomic mass is 9.84. The normalized spacial score (nSPS) is 15.3. The number of hydrogen-bond donors (Lipinski definition) is 2. The van der Waals surface area contributed by atoms with Crippen molar-refractivity contribution in [1.82, 2.24) is 9.29 Å². The number of hydrogen-bond acceptors (Lipinski definition) is 5. The van der Waals surface area contributed by atoms with Gasteiger partial charge in [-0.2, -0.15) is 0 Å². The summed E-state index contributed by atoms with van der Waals surface area (Å²) in [5, 5.41) is 16.1. The molecule has 0 radical (unpaired) electrons. The van der Waals surface area contributed by atoms with E-state index in [1.165, 1.54) is 0 Å². The molecular formula is C29H29Cl2N3O3S. The smallest absolute Gasteiger partial charge is 0.213 e. The van der Waals surface area contributed by atoms with Gasteiger partial charge in [-0.1, -0.05) is 53.5 Å². The highest BCUT2D eigenvalue weighted by atomic mass is 35.5. The van der Waals surface area contributed by atoms with Gasteiger partial charge in [0.15, 0.2) is 0 Å². The fourth-order valence-corrected chi connectivity index (χ4v) is 6.48. The van der Waals surface area contributed by atoms with Crippen molar-refractivity contribution in [2.45, 2.75) is 31.7 Å². The van der Waals surface area contributed by atoms with E-state index in [-0.39, 0.29) is 23.6 Å². The quantitative estimate of drug-likeness (QED) is 0.243. The van der Waals surface area contributed by atoms with Gasteiger partial charge >= 0.3 is 0 Å². The summed E-state index contributed by atoms with van der Waals surface area (Å²) in [7, 11) is -3.19.